The van der Waals surface area contributed by atoms with E-state index in [9.17, 15) is 9.59 Å². The number of ether oxygens (including phenoxy) is 1. The molecule has 0 saturated carbocycles. The Kier molecular flexibility index (Phi) is 4.88. The minimum Gasteiger partial charge on any atom is -0.492 e. The van der Waals surface area contributed by atoms with Crippen molar-refractivity contribution in [3.8, 4) is 5.75 Å². The summed E-state index contributed by atoms with van der Waals surface area (Å²) in [4.78, 5) is 25.6. The predicted molar refractivity (Wildman–Crippen MR) is 83.1 cm³/mol. The lowest BCUT2D eigenvalue weighted by atomic mass is 9.94. The molecule has 0 bridgehead atoms. The number of halogens is 1. The average Bonchev–Trinajstić information content (AvgIpc) is 2.44. The lowest BCUT2D eigenvalue weighted by Gasteiger charge is -2.39. The van der Waals surface area contributed by atoms with Crippen LogP contribution in [0.5, 0.6) is 5.75 Å². The summed E-state index contributed by atoms with van der Waals surface area (Å²) in [6, 6.07) is 7.51. The van der Waals surface area contributed by atoms with E-state index in [2.05, 4.69) is 21.2 Å². The minimum atomic E-state index is -0.800. The first-order chi connectivity index (χ1) is 9.94. The van der Waals surface area contributed by atoms with Crippen LogP contribution >= 0.6 is 15.9 Å². The van der Waals surface area contributed by atoms with Gasteiger partial charge in [0.05, 0.1) is 13.1 Å². The van der Waals surface area contributed by atoms with E-state index in [1.807, 2.05) is 31.2 Å². The summed E-state index contributed by atoms with van der Waals surface area (Å²) in [5, 5.41) is 2.76. The Morgan fingerprint density at radius 1 is 1.43 bits per heavy atom. The topological polar surface area (TPSA) is 58.6 Å². The van der Waals surface area contributed by atoms with Gasteiger partial charge in [-0.3, -0.25) is 9.59 Å². The number of nitrogens with one attached hydrogen (secondary N) is 1. The fourth-order valence-electron chi connectivity index (χ4n) is 2.25. The van der Waals surface area contributed by atoms with Crippen molar-refractivity contribution < 1.29 is 14.3 Å². The third kappa shape index (κ3) is 3.75. The van der Waals surface area contributed by atoms with Gasteiger partial charge in [-0.2, -0.15) is 0 Å². The smallest absolute Gasteiger partial charge is 0.248 e. The maximum Gasteiger partial charge on any atom is 0.248 e. The van der Waals surface area contributed by atoms with E-state index < -0.39 is 5.54 Å². The van der Waals surface area contributed by atoms with Crippen molar-refractivity contribution in [2.24, 2.45) is 0 Å². The molecule has 1 fully saturated rings. The molecule has 21 heavy (non-hydrogen) atoms. The van der Waals surface area contributed by atoms with Crippen LogP contribution in [0.15, 0.2) is 28.7 Å². The van der Waals surface area contributed by atoms with Crippen molar-refractivity contribution in [2.75, 3.05) is 19.7 Å². The van der Waals surface area contributed by atoms with E-state index >= 15 is 0 Å². The predicted octanol–water partition coefficient (Wildman–Crippen LogP) is 1.95. The second kappa shape index (κ2) is 6.47. The summed E-state index contributed by atoms with van der Waals surface area (Å²) in [7, 11) is 0. The lowest BCUT2D eigenvalue weighted by Crippen LogP contribution is -2.65. The highest BCUT2D eigenvalue weighted by Gasteiger charge is 2.41. The van der Waals surface area contributed by atoms with Crippen molar-refractivity contribution in [3.63, 3.8) is 0 Å². The van der Waals surface area contributed by atoms with Gasteiger partial charge in [-0.05, 0) is 31.5 Å². The van der Waals surface area contributed by atoms with Crippen molar-refractivity contribution in [3.05, 3.63) is 28.7 Å². The Morgan fingerprint density at radius 2 is 2.19 bits per heavy atom. The van der Waals surface area contributed by atoms with E-state index in [4.69, 9.17) is 4.74 Å². The second-order valence-electron chi connectivity index (χ2n) is 5.27. The summed E-state index contributed by atoms with van der Waals surface area (Å²) < 4.78 is 6.56. The zero-order valence-electron chi connectivity index (χ0n) is 12.2. The van der Waals surface area contributed by atoms with Gasteiger partial charge in [0.25, 0.3) is 0 Å². The number of carbonyl (C=O) groups excluding carboxylic acids is 2. The van der Waals surface area contributed by atoms with Gasteiger partial charge in [0.15, 0.2) is 0 Å². The quantitative estimate of drug-likeness (QED) is 0.879. The third-order valence-corrected chi connectivity index (χ3v) is 4.14. The van der Waals surface area contributed by atoms with Crippen LogP contribution < -0.4 is 10.1 Å². The van der Waals surface area contributed by atoms with Crippen LogP contribution in [0.1, 0.15) is 20.3 Å². The van der Waals surface area contributed by atoms with Crippen LogP contribution in [-0.2, 0) is 9.59 Å². The third-order valence-electron chi connectivity index (χ3n) is 3.64. The van der Waals surface area contributed by atoms with Crippen LogP contribution in [0.25, 0.3) is 0 Å². The van der Waals surface area contributed by atoms with E-state index in [0.717, 1.165) is 10.2 Å². The molecule has 1 atom stereocenters. The van der Waals surface area contributed by atoms with Gasteiger partial charge in [-0.1, -0.05) is 28.9 Å². The van der Waals surface area contributed by atoms with E-state index in [1.54, 1.807) is 11.8 Å². The van der Waals surface area contributed by atoms with Gasteiger partial charge in [0.1, 0.15) is 17.9 Å². The molecule has 6 heteroatoms. The number of rotatable bonds is 5. The molecule has 1 heterocycles. The summed E-state index contributed by atoms with van der Waals surface area (Å²) in [6.07, 6.45) is 0.570. The van der Waals surface area contributed by atoms with Crippen molar-refractivity contribution >= 4 is 27.7 Å². The lowest BCUT2D eigenvalue weighted by molar-refractivity contribution is -0.149. The first kappa shape index (κ1) is 15.8. The molecule has 1 unspecified atom stereocenters. The molecule has 5 nitrogen and oxygen atoms in total. The Bertz CT molecular complexity index is 549. The van der Waals surface area contributed by atoms with Gasteiger partial charge >= 0.3 is 0 Å². The van der Waals surface area contributed by atoms with Crippen LogP contribution in [0.4, 0.5) is 0 Å². The molecular formula is C15H19BrN2O3. The zero-order valence-corrected chi connectivity index (χ0v) is 13.8. The molecule has 2 amide bonds. The van der Waals surface area contributed by atoms with E-state index in [1.165, 1.54) is 0 Å². The van der Waals surface area contributed by atoms with Gasteiger partial charge in [-0.15, -0.1) is 0 Å². The molecule has 2 rings (SSSR count). The van der Waals surface area contributed by atoms with Gasteiger partial charge < -0.3 is 15.0 Å². The molecule has 1 aromatic rings. The van der Waals surface area contributed by atoms with Gasteiger partial charge in [-0.25, -0.2) is 0 Å². The zero-order chi connectivity index (χ0) is 15.5. The fraction of sp³-hybridized carbons (Fsp3) is 0.467. The summed E-state index contributed by atoms with van der Waals surface area (Å²) >= 11 is 3.37. The Morgan fingerprint density at radius 3 is 2.86 bits per heavy atom. The van der Waals surface area contributed by atoms with Gasteiger partial charge in [0.2, 0.25) is 11.8 Å². The first-order valence-electron chi connectivity index (χ1n) is 6.93. The SMILES string of the molecule is CCC1(C)NC(=O)CN(CCOc2cccc(Br)c2)C1=O. The van der Waals surface area contributed by atoms with Crippen LogP contribution in [0.2, 0.25) is 0 Å². The molecular weight excluding hydrogens is 336 g/mol. The van der Waals surface area contributed by atoms with E-state index in [0.29, 0.717) is 19.6 Å². The van der Waals surface area contributed by atoms with E-state index in [-0.39, 0.29) is 18.4 Å². The molecule has 0 spiro atoms. The molecule has 0 radical (unpaired) electrons. The normalized spacial score (nSPS) is 22.1. The molecule has 1 aliphatic heterocycles. The number of benzene rings is 1. The molecule has 114 valence electrons. The number of nitrogens with zero attached hydrogens (tertiary/aromatic N) is 1. The molecule has 1 aromatic carbocycles. The summed E-state index contributed by atoms with van der Waals surface area (Å²) in [6.45, 7) is 4.49. The summed E-state index contributed by atoms with van der Waals surface area (Å²) in [5.41, 5.74) is -0.800. The molecule has 1 aliphatic rings. The highest BCUT2D eigenvalue weighted by atomic mass is 79.9. The first-order valence-corrected chi connectivity index (χ1v) is 7.72. The summed E-state index contributed by atoms with van der Waals surface area (Å²) in [5.74, 6) is 0.556. The largest absolute Gasteiger partial charge is 0.492 e. The van der Waals surface area contributed by atoms with Crippen molar-refractivity contribution in [1.82, 2.24) is 10.2 Å². The maximum absolute atomic E-state index is 12.4. The standard InChI is InChI=1S/C15H19BrN2O3/c1-3-15(2)14(20)18(10-13(19)17-15)7-8-21-12-6-4-5-11(16)9-12/h4-6,9H,3,7-8,10H2,1-2H3,(H,17,19). The van der Waals surface area contributed by atoms with Crippen molar-refractivity contribution in [1.29, 1.82) is 0 Å². The number of piperazine rings is 1. The van der Waals surface area contributed by atoms with Crippen molar-refractivity contribution in [2.45, 2.75) is 25.8 Å². The fourth-order valence-corrected chi connectivity index (χ4v) is 2.62. The van der Waals surface area contributed by atoms with Gasteiger partial charge in [0, 0.05) is 4.47 Å². The number of hydrogen-bond donors (Lipinski definition) is 1. The van der Waals surface area contributed by atoms with Crippen LogP contribution in [-0.4, -0.2) is 41.9 Å². The molecule has 0 aliphatic carbocycles. The highest BCUT2D eigenvalue weighted by Crippen LogP contribution is 2.19. The maximum atomic E-state index is 12.4. The molecule has 1 N–H and O–H groups in total. The number of amides is 2. The van der Waals surface area contributed by atoms with Crippen LogP contribution in [0, 0.1) is 0 Å². The molecule has 1 saturated heterocycles. The Hall–Kier alpha value is -1.56. The highest BCUT2D eigenvalue weighted by molar-refractivity contribution is 9.10. The Balaban J connectivity index is 1.93. The minimum absolute atomic E-state index is 0.0533. The molecule has 0 aromatic heterocycles. The Labute approximate surface area is 132 Å². The monoisotopic (exact) mass is 354 g/mol. The second-order valence-corrected chi connectivity index (χ2v) is 6.18. The number of carbonyl (C=O) groups is 2. The van der Waals surface area contributed by atoms with Crippen LogP contribution in [0.3, 0.4) is 0 Å². The number of hydrogen-bond acceptors (Lipinski definition) is 3. The average molecular weight is 355 g/mol.